The topological polar surface area (TPSA) is 68.5 Å². The number of rotatable bonds is 5. The number of amides is 1. The standard InChI is InChI=1S/C20H19NO4/c1-13-10-19(22)25-18-11-16(8-9-17(13)18)24-14(2)20(23)21-12-15-6-4-3-5-7-15/h3-11,14H,12H2,1-2H3,(H,21,23). The molecular weight excluding hydrogens is 318 g/mol. The third-order valence-corrected chi connectivity index (χ3v) is 3.91. The molecule has 25 heavy (non-hydrogen) atoms. The third-order valence-electron chi connectivity index (χ3n) is 3.91. The van der Waals surface area contributed by atoms with Gasteiger partial charge in [-0.25, -0.2) is 4.79 Å². The Morgan fingerprint density at radius 2 is 1.92 bits per heavy atom. The summed E-state index contributed by atoms with van der Waals surface area (Å²) in [6, 6.07) is 16.3. The molecule has 1 heterocycles. The van der Waals surface area contributed by atoms with Crippen molar-refractivity contribution in [2.75, 3.05) is 0 Å². The molecule has 0 fully saturated rings. The van der Waals surface area contributed by atoms with Gasteiger partial charge in [-0.1, -0.05) is 30.3 Å². The van der Waals surface area contributed by atoms with Crippen molar-refractivity contribution in [2.45, 2.75) is 26.5 Å². The summed E-state index contributed by atoms with van der Waals surface area (Å²) >= 11 is 0. The molecule has 1 aromatic heterocycles. The van der Waals surface area contributed by atoms with E-state index in [-0.39, 0.29) is 5.91 Å². The van der Waals surface area contributed by atoms with Crippen molar-refractivity contribution in [3.63, 3.8) is 0 Å². The molecule has 1 atom stereocenters. The molecule has 0 aliphatic rings. The molecule has 0 bridgehead atoms. The van der Waals surface area contributed by atoms with Gasteiger partial charge in [0.2, 0.25) is 0 Å². The molecule has 0 saturated carbocycles. The van der Waals surface area contributed by atoms with Gasteiger partial charge < -0.3 is 14.5 Å². The van der Waals surface area contributed by atoms with E-state index in [0.29, 0.717) is 17.9 Å². The van der Waals surface area contributed by atoms with E-state index in [1.54, 1.807) is 19.1 Å². The molecule has 5 heteroatoms. The summed E-state index contributed by atoms with van der Waals surface area (Å²) in [5.74, 6) is 0.262. The zero-order valence-electron chi connectivity index (χ0n) is 14.1. The lowest BCUT2D eigenvalue weighted by molar-refractivity contribution is -0.127. The van der Waals surface area contributed by atoms with Gasteiger partial charge in [-0.3, -0.25) is 4.79 Å². The lowest BCUT2D eigenvalue weighted by Crippen LogP contribution is -2.35. The van der Waals surface area contributed by atoms with Crippen LogP contribution in [-0.2, 0) is 11.3 Å². The first-order valence-corrected chi connectivity index (χ1v) is 8.06. The zero-order chi connectivity index (χ0) is 17.8. The van der Waals surface area contributed by atoms with Crippen LogP contribution in [0, 0.1) is 6.92 Å². The molecule has 0 aliphatic carbocycles. The number of ether oxygens (including phenoxy) is 1. The van der Waals surface area contributed by atoms with Crippen molar-refractivity contribution in [3.8, 4) is 5.75 Å². The second kappa shape index (κ2) is 7.21. The van der Waals surface area contributed by atoms with Crippen LogP contribution in [0.25, 0.3) is 11.0 Å². The molecule has 0 spiro atoms. The first kappa shape index (κ1) is 16.8. The molecule has 3 aromatic rings. The van der Waals surface area contributed by atoms with E-state index in [4.69, 9.17) is 9.15 Å². The highest BCUT2D eigenvalue weighted by Crippen LogP contribution is 2.23. The van der Waals surface area contributed by atoms with Crippen molar-refractivity contribution < 1.29 is 13.9 Å². The second-order valence-corrected chi connectivity index (χ2v) is 5.87. The molecule has 2 aromatic carbocycles. The van der Waals surface area contributed by atoms with Crippen molar-refractivity contribution in [1.82, 2.24) is 5.32 Å². The molecule has 5 nitrogen and oxygen atoms in total. The van der Waals surface area contributed by atoms with Crippen LogP contribution in [0.3, 0.4) is 0 Å². The zero-order valence-corrected chi connectivity index (χ0v) is 14.1. The maximum absolute atomic E-state index is 12.2. The maximum Gasteiger partial charge on any atom is 0.336 e. The molecule has 1 amide bonds. The van der Waals surface area contributed by atoms with E-state index in [1.807, 2.05) is 43.3 Å². The Labute approximate surface area is 145 Å². The van der Waals surface area contributed by atoms with Crippen LogP contribution in [0.5, 0.6) is 5.75 Å². The first-order valence-electron chi connectivity index (χ1n) is 8.06. The van der Waals surface area contributed by atoms with E-state index in [0.717, 1.165) is 16.5 Å². The number of aryl methyl sites for hydroxylation is 1. The van der Waals surface area contributed by atoms with E-state index in [9.17, 15) is 9.59 Å². The van der Waals surface area contributed by atoms with Gasteiger partial charge in [-0.05, 0) is 37.1 Å². The predicted octanol–water partition coefficient (Wildman–Crippen LogP) is 3.19. The van der Waals surface area contributed by atoms with Gasteiger partial charge in [0.15, 0.2) is 6.10 Å². The molecule has 128 valence electrons. The monoisotopic (exact) mass is 337 g/mol. The Balaban J connectivity index is 1.67. The summed E-state index contributed by atoms with van der Waals surface area (Å²) in [4.78, 5) is 23.7. The normalized spacial score (nSPS) is 11.9. The number of hydrogen-bond donors (Lipinski definition) is 1. The minimum Gasteiger partial charge on any atom is -0.481 e. The van der Waals surface area contributed by atoms with Gasteiger partial charge in [0, 0.05) is 24.1 Å². The summed E-state index contributed by atoms with van der Waals surface area (Å²) in [5.41, 5.74) is 1.90. The van der Waals surface area contributed by atoms with Crippen molar-refractivity contribution in [1.29, 1.82) is 0 Å². The number of fused-ring (bicyclic) bond motifs is 1. The quantitative estimate of drug-likeness (QED) is 0.726. The Bertz CT molecular complexity index is 947. The number of nitrogens with one attached hydrogen (secondary N) is 1. The van der Waals surface area contributed by atoms with Crippen molar-refractivity contribution in [2.24, 2.45) is 0 Å². The van der Waals surface area contributed by atoms with Crippen LogP contribution in [0.2, 0.25) is 0 Å². The third kappa shape index (κ3) is 4.07. The Hall–Kier alpha value is -3.08. The van der Waals surface area contributed by atoms with Crippen LogP contribution < -0.4 is 15.7 Å². The molecule has 3 rings (SSSR count). The van der Waals surface area contributed by atoms with Gasteiger partial charge in [0.05, 0.1) is 0 Å². The summed E-state index contributed by atoms with van der Waals surface area (Å²) in [5, 5.41) is 3.68. The Morgan fingerprint density at radius 1 is 1.16 bits per heavy atom. The number of carbonyl (C=O) groups excluding carboxylic acids is 1. The highest BCUT2D eigenvalue weighted by molar-refractivity contribution is 5.82. The minimum absolute atomic E-state index is 0.213. The predicted molar refractivity (Wildman–Crippen MR) is 95.6 cm³/mol. The lowest BCUT2D eigenvalue weighted by atomic mass is 10.1. The number of hydrogen-bond acceptors (Lipinski definition) is 4. The largest absolute Gasteiger partial charge is 0.481 e. The van der Waals surface area contributed by atoms with Crippen LogP contribution >= 0.6 is 0 Å². The fraction of sp³-hybridized carbons (Fsp3) is 0.200. The SMILES string of the molecule is Cc1cc(=O)oc2cc(OC(C)C(=O)NCc3ccccc3)ccc12. The average Bonchev–Trinajstić information content (AvgIpc) is 2.60. The van der Waals surface area contributed by atoms with Crippen LogP contribution in [0.15, 0.2) is 63.8 Å². The fourth-order valence-corrected chi connectivity index (χ4v) is 2.56. The number of carbonyl (C=O) groups is 1. The highest BCUT2D eigenvalue weighted by Gasteiger charge is 2.15. The van der Waals surface area contributed by atoms with Gasteiger partial charge in [0.25, 0.3) is 5.91 Å². The van der Waals surface area contributed by atoms with Gasteiger partial charge in [-0.15, -0.1) is 0 Å². The summed E-state index contributed by atoms with van der Waals surface area (Å²) in [7, 11) is 0. The maximum atomic E-state index is 12.2. The van der Waals surface area contributed by atoms with Gasteiger partial charge in [-0.2, -0.15) is 0 Å². The average molecular weight is 337 g/mol. The molecule has 1 N–H and O–H groups in total. The Morgan fingerprint density at radius 3 is 2.68 bits per heavy atom. The Kier molecular flexibility index (Phi) is 4.84. The smallest absolute Gasteiger partial charge is 0.336 e. The summed E-state index contributed by atoms with van der Waals surface area (Å²) < 4.78 is 10.9. The lowest BCUT2D eigenvalue weighted by Gasteiger charge is -2.15. The van der Waals surface area contributed by atoms with Crippen molar-refractivity contribution in [3.05, 3.63) is 76.1 Å². The first-order chi connectivity index (χ1) is 12.0. The van der Waals surface area contributed by atoms with Crippen LogP contribution in [-0.4, -0.2) is 12.0 Å². The summed E-state index contributed by atoms with van der Waals surface area (Å²) in [6.45, 7) is 3.97. The second-order valence-electron chi connectivity index (χ2n) is 5.87. The molecule has 0 radical (unpaired) electrons. The minimum atomic E-state index is -0.669. The molecule has 0 aliphatic heterocycles. The molecular formula is C20H19NO4. The van der Waals surface area contributed by atoms with Gasteiger partial charge >= 0.3 is 5.63 Å². The van der Waals surface area contributed by atoms with Crippen molar-refractivity contribution >= 4 is 16.9 Å². The van der Waals surface area contributed by atoms with E-state index < -0.39 is 11.7 Å². The highest BCUT2D eigenvalue weighted by atomic mass is 16.5. The number of benzene rings is 2. The van der Waals surface area contributed by atoms with Gasteiger partial charge in [0.1, 0.15) is 11.3 Å². The van der Waals surface area contributed by atoms with Crippen LogP contribution in [0.1, 0.15) is 18.1 Å². The van der Waals surface area contributed by atoms with E-state index in [2.05, 4.69) is 5.32 Å². The van der Waals surface area contributed by atoms with E-state index in [1.165, 1.54) is 6.07 Å². The molecule has 1 unspecified atom stereocenters. The fourth-order valence-electron chi connectivity index (χ4n) is 2.56. The van der Waals surface area contributed by atoms with E-state index >= 15 is 0 Å². The molecule has 0 saturated heterocycles. The summed E-state index contributed by atoms with van der Waals surface area (Å²) in [6.07, 6.45) is -0.669. The van der Waals surface area contributed by atoms with Crippen LogP contribution in [0.4, 0.5) is 0 Å².